The summed E-state index contributed by atoms with van der Waals surface area (Å²) in [5, 5.41) is 13.7. The van der Waals surface area contributed by atoms with Gasteiger partial charge >= 0.3 is 5.97 Å². The number of carboxylic acid groups (broad SMARTS) is 1. The molecule has 5 nitrogen and oxygen atoms in total. The maximum Gasteiger partial charge on any atom is 0.307 e. The molecule has 118 valence electrons. The Labute approximate surface area is 130 Å². The summed E-state index contributed by atoms with van der Waals surface area (Å²) in [6.45, 7) is 10.4. The molecule has 3 unspecified atom stereocenters. The zero-order chi connectivity index (χ0) is 15.8. The van der Waals surface area contributed by atoms with E-state index >= 15 is 0 Å². The molecule has 1 heterocycles. The molecule has 0 aliphatic heterocycles. The first kappa shape index (κ1) is 16.2. The van der Waals surface area contributed by atoms with Gasteiger partial charge in [0.25, 0.3) is 0 Å². The summed E-state index contributed by atoms with van der Waals surface area (Å²) in [5.41, 5.74) is -0.229. The highest BCUT2D eigenvalue weighted by atomic mass is 32.1. The molecule has 1 aromatic heterocycles. The van der Waals surface area contributed by atoms with Crippen LogP contribution >= 0.6 is 11.5 Å². The van der Waals surface area contributed by atoms with Crippen LogP contribution in [0.3, 0.4) is 0 Å². The number of hydrogen-bond donors (Lipinski definition) is 2. The van der Waals surface area contributed by atoms with Crippen LogP contribution in [0, 0.1) is 17.3 Å². The van der Waals surface area contributed by atoms with Gasteiger partial charge in [-0.3, -0.25) is 4.79 Å². The molecule has 0 radical (unpaired) electrons. The minimum Gasteiger partial charge on any atom is -0.481 e. The lowest BCUT2D eigenvalue weighted by molar-refractivity contribution is -0.149. The fraction of sp³-hybridized carbons (Fsp3) is 0.800. The van der Waals surface area contributed by atoms with Crippen LogP contribution in [-0.2, 0) is 4.79 Å². The molecular formula is C15H25N3O2S. The van der Waals surface area contributed by atoms with E-state index in [1.807, 2.05) is 0 Å². The summed E-state index contributed by atoms with van der Waals surface area (Å²) in [6, 6.07) is 0.253. The molecule has 0 amide bonds. The van der Waals surface area contributed by atoms with Gasteiger partial charge in [0, 0.05) is 23.5 Å². The lowest BCUT2D eigenvalue weighted by atomic mass is 9.61. The number of rotatable bonds is 4. The Morgan fingerprint density at radius 2 is 2.10 bits per heavy atom. The van der Waals surface area contributed by atoms with Crippen molar-refractivity contribution in [3.8, 4) is 0 Å². The van der Waals surface area contributed by atoms with Crippen molar-refractivity contribution in [1.29, 1.82) is 0 Å². The van der Waals surface area contributed by atoms with Crippen LogP contribution in [0.2, 0.25) is 0 Å². The molecule has 6 heteroatoms. The maximum absolute atomic E-state index is 11.4. The summed E-state index contributed by atoms with van der Waals surface area (Å²) in [5.74, 6) is 0.510. The van der Waals surface area contributed by atoms with Crippen molar-refractivity contribution in [3.63, 3.8) is 0 Å². The fourth-order valence-corrected chi connectivity index (χ4v) is 3.90. The molecule has 1 aliphatic carbocycles. The number of nitrogens with zero attached hydrogens (tertiary/aromatic N) is 2. The van der Waals surface area contributed by atoms with Gasteiger partial charge in [-0.2, -0.15) is 4.37 Å². The van der Waals surface area contributed by atoms with Crippen LogP contribution in [0.1, 0.15) is 59.2 Å². The number of aromatic nitrogens is 2. The van der Waals surface area contributed by atoms with Gasteiger partial charge in [-0.15, -0.1) is 0 Å². The van der Waals surface area contributed by atoms with E-state index in [1.165, 1.54) is 11.5 Å². The van der Waals surface area contributed by atoms with Crippen molar-refractivity contribution in [3.05, 3.63) is 5.82 Å². The Kier molecular flexibility index (Phi) is 4.56. The Balaban J connectivity index is 2.09. The Morgan fingerprint density at radius 3 is 2.62 bits per heavy atom. The lowest BCUT2D eigenvalue weighted by Gasteiger charge is -2.46. The minimum atomic E-state index is -0.677. The van der Waals surface area contributed by atoms with Crippen molar-refractivity contribution in [1.82, 2.24) is 9.36 Å². The molecule has 3 atom stereocenters. The monoisotopic (exact) mass is 311 g/mol. The highest BCUT2D eigenvalue weighted by Gasteiger charge is 2.46. The molecule has 1 aromatic rings. The first-order chi connectivity index (χ1) is 9.73. The molecule has 0 spiro atoms. The second kappa shape index (κ2) is 5.91. The quantitative estimate of drug-likeness (QED) is 0.888. The fourth-order valence-electron chi connectivity index (χ4n) is 3.13. The van der Waals surface area contributed by atoms with E-state index in [4.69, 9.17) is 0 Å². The van der Waals surface area contributed by atoms with E-state index in [0.29, 0.717) is 12.3 Å². The highest BCUT2D eigenvalue weighted by Crippen LogP contribution is 2.45. The van der Waals surface area contributed by atoms with Crippen molar-refractivity contribution < 1.29 is 9.90 Å². The van der Waals surface area contributed by atoms with Crippen LogP contribution in [0.15, 0.2) is 0 Å². The molecule has 1 saturated carbocycles. The van der Waals surface area contributed by atoms with E-state index in [2.05, 4.69) is 49.3 Å². The molecule has 2 N–H and O–H groups in total. The van der Waals surface area contributed by atoms with Gasteiger partial charge in [0.15, 0.2) is 0 Å². The van der Waals surface area contributed by atoms with Crippen LogP contribution < -0.4 is 5.32 Å². The Bertz CT molecular complexity index is 513. The lowest BCUT2D eigenvalue weighted by Crippen LogP contribution is -2.48. The van der Waals surface area contributed by atoms with Crippen LogP contribution in [0.4, 0.5) is 5.13 Å². The van der Waals surface area contributed by atoms with Crippen molar-refractivity contribution in [2.75, 3.05) is 5.32 Å². The third kappa shape index (κ3) is 3.20. The predicted molar refractivity (Wildman–Crippen MR) is 84.7 cm³/mol. The second-order valence-electron chi connectivity index (χ2n) is 6.94. The third-order valence-corrected chi connectivity index (χ3v) is 5.67. The number of nitrogens with one attached hydrogen (secondary N) is 1. The second-order valence-corrected chi connectivity index (χ2v) is 7.69. The number of carbonyl (C=O) groups is 1. The first-order valence-corrected chi connectivity index (χ1v) is 8.33. The van der Waals surface area contributed by atoms with E-state index in [-0.39, 0.29) is 23.3 Å². The molecule has 0 aromatic carbocycles. The number of hydrogen-bond acceptors (Lipinski definition) is 5. The maximum atomic E-state index is 11.4. The summed E-state index contributed by atoms with van der Waals surface area (Å²) in [7, 11) is 0. The standard InChI is InChI=1S/C15H25N3O2S/c1-8(2)12-17-14(21-18-12)16-11-7-6-10(13(19)20)15(4,5)9(11)3/h8-11H,6-7H2,1-5H3,(H,19,20)(H,16,17,18). The first-order valence-electron chi connectivity index (χ1n) is 7.56. The van der Waals surface area contributed by atoms with E-state index < -0.39 is 5.97 Å². The zero-order valence-electron chi connectivity index (χ0n) is 13.4. The van der Waals surface area contributed by atoms with Gasteiger partial charge in [0.05, 0.1) is 5.92 Å². The highest BCUT2D eigenvalue weighted by molar-refractivity contribution is 7.09. The van der Waals surface area contributed by atoms with E-state index in [9.17, 15) is 9.90 Å². The van der Waals surface area contributed by atoms with E-state index in [0.717, 1.165) is 17.4 Å². The zero-order valence-corrected chi connectivity index (χ0v) is 14.2. The van der Waals surface area contributed by atoms with Gasteiger partial charge in [-0.25, -0.2) is 4.98 Å². The average Bonchev–Trinajstić information content (AvgIpc) is 2.83. The van der Waals surface area contributed by atoms with Crippen molar-refractivity contribution in [2.45, 2.75) is 59.4 Å². The summed E-state index contributed by atoms with van der Waals surface area (Å²) in [4.78, 5) is 15.9. The molecule has 1 fully saturated rings. The van der Waals surface area contributed by atoms with Crippen molar-refractivity contribution >= 4 is 22.6 Å². The number of aliphatic carboxylic acids is 1. The topological polar surface area (TPSA) is 75.1 Å². The summed E-state index contributed by atoms with van der Waals surface area (Å²) in [6.07, 6.45) is 1.57. The molecule has 0 bridgehead atoms. The van der Waals surface area contributed by atoms with E-state index in [1.54, 1.807) is 0 Å². The van der Waals surface area contributed by atoms with Gasteiger partial charge in [0.2, 0.25) is 5.13 Å². The summed E-state index contributed by atoms with van der Waals surface area (Å²) < 4.78 is 4.36. The SMILES string of the molecule is CC(C)c1nsc(NC2CCC(C(=O)O)C(C)(C)C2C)n1. The van der Waals surface area contributed by atoms with Gasteiger partial charge in [0.1, 0.15) is 5.82 Å². The third-order valence-electron chi connectivity index (χ3n) is 5.01. The smallest absolute Gasteiger partial charge is 0.307 e. The molecule has 0 saturated heterocycles. The van der Waals surface area contributed by atoms with Crippen LogP contribution in [0.5, 0.6) is 0 Å². The van der Waals surface area contributed by atoms with Gasteiger partial charge in [-0.1, -0.05) is 34.6 Å². The normalized spacial score (nSPS) is 28.6. The van der Waals surface area contributed by atoms with Crippen LogP contribution in [-0.4, -0.2) is 26.5 Å². The van der Waals surface area contributed by atoms with Crippen LogP contribution in [0.25, 0.3) is 0 Å². The molecule has 1 aliphatic rings. The Hall–Kier alpha value is -1.17. The summed E-state index contributed by atoms with van der Waals surface area (Å²) >= 11 is 1.39. The number of anilines is 1. The van der Waals surface area contributed by atoms with Gasteiger partial charge < -0.3 is 10.4 Å². The Morgan fingerprint density at radius 1 is 1.43 bits per heavy atom. The predicted octanol–water partition coefficient (Wildman–Crippen LogP) is 3.60. The largest absolute Gasteiger partial charge is 0.481 e. The minimum absolute atomic E-state index is 0.229. The molecule has 2 rings (SSSR count). The van der Waals surface area contributed by atoms with Crippen molar-refractivity contribution in [2.24, 2.45) is 17.3 Å². The molecule has 21 heavy (non-hydrogen) atoms. The number of carboxylic acids is 1. The molecular weight excluding hydrogens is 286 g/mol. The average molecular weight is 311 g/mol. The van der Waals surface area contributed by atoms with Gasteiger partial charge in [-0.05, 0) is 24.2 Å².